The topological polar surface area (TPSA) is 12.0 Å². The van der Waals surface area contributed by atoms with Gasteiger partial charge in [-0.25, -0.2) is 0 Å². The molecule has 1 aromatic carbocycles. The van der Waals surface area contributed by atoms with Gasteiger partial charge >= 0.3 is 0 Å². The molecule has 0 bridgehead atoms. The predicted molar refractivity (Wildman–Crippen MR) is 64.0 cm³/mol. The van der Waals surface area contributed by atoms with Gasteiger partial charge in [0.25, 0.3) is 0 Å². The SMILES string of the molecule is C#CC(NCCC)c1ccc(Br)cc1. The molecule has 0 heterocycles. The number of rotatable bonds is 4. The average molecular weight is 252 g/mol. The first-order chi connectivity index (χ1) is 6.77. The summed E-state index contributed by atoms with van der Waals surface area (Å²) in [6, 6.07) is 8.12. The molecule has 0 aliphatic rings. The lowest BCUT2D eigenvalue weighted by Crippen LogP contribution is -2.20. The monoisotopic (exact) mass is 251 g/mol. The molecular formula is C12H14BrN. The fraction of sp³-hybridized carbons (Fsp3) is 0.333. The Morgan fingerprint density at radius 3 is 2.57 bits per heavy atom. The van der Waals surface area contributed by atoms with Gasteiger partial charge < -0.3 is 5.32 Å². The minimum atomic E-state index is 0.0306. The summed E-state index contributed by atoms with van der Waals surface area (Å²) in [5.74, 6) is 2.75. The van der Waals surface area contributed by atoms with E-state index in [4.69, 9.17) is 6.42 Å². The number of benzene rings is 1. The third kappa shape index (κ3) is 3.17. The van der Waals surface area contributed by atoms with Crippen LogP contribution in [-0.4, -0.2) is 6.54 Å². The van der Waals surface area contributed by atoms with Crippen LogP contribution in [0.4, 0.5) is 0 Å². The molecule has 1 unspecified atom stereocenters. The van der Waals surface area contributed by atoms with Crippen LogP contribution in [0.25, 0.3) is 0 Å². The van der Waals surface area contributed by atoms with Gasteiger partial charge in [-0.2, -0.15) is 0 Å². The molecule has 1 N–H and O–H groups in total. The lowest BCUT2D eigenvalue weighted by Gasteiger charge is -2.12. The lowest BCUT2D eigenvalue weighted by atomic mass is 10.1. The van der Waals surface area contributed by atoms with Crippen molar-refractivity contribution in [1.29, 1.82) is 0 Å². The van der Waals surface area contributed by atoms with Crippen molar-refractivity contribution < 1.29 is 0 Å². The van der Waals surface area contributed by atoms with E-state index in [-0.39, 0.29) is 6.04 Å². The molecule has 1 atom stereocenters. The minimum absolute atomic E-state index is 0.0306. The van der Waals surface area contributed by atoms with Crippen LogP contribution in [-0.2, 0) is 0 Å². The molecule has 0 spiro atoms. The molecule has 74 valence electrons. The van der Waals surface area contributed by atoms with Gasteiger partial charge in [0, 0.05) is 4.47 Å². The number of hydrogen-bond donors (Lipinski definition) is 1. The number of nitrogens with one attached hydrogen (secondary N) is 1. The molecule has 0 saturated carbocycles. The molecule has 1 rings (SSSR count). The minimum Gasteiger partial charge on any atom is -0.300 e. The molecular weight excluding hydrogens is 238 g/mol. The highest BCUT2D eigenvalue weighted by molar-refractivity contribution is 9.10. The highest BCUT2D eigenvalue weighted by Crippen LogP contribution is 2.16. The molecule has 14 heavy (non-hydrogen) atoms. The Bertz CT molecular complexity index is 310. The Balaban J connectivity index is 2.70. The Kier molecular flexibility index (Phi) is 4.72. The summed E-state index contributed by atoms with van der Waals surface area (Å²) in [6.45, 7) is 3.08. The van der Waals surface area contributed by atoms with Crippen LogP contribution < -0.4 is 5.32 Å². The molecule has 1 aromatic rings. The Morgan fingerprint density at radius 1 is 1.43 bits per heavy atom. The third-order valence-electron chi connectivity index (χ3n) is 1.97. The molecule has 0 aliphatic heterocycles. The van der Waals surface area contributed by atoms with Crippen LogP contribution in [0.3, 0.4) is 0 Å². The van der Waals surface area contributed by atoms with E-state index in [9.17, 15) is 0 Å². The van der Waals surface area contributed by atoms with Crippen molar-refractivity contribution in [1.82, 2.24) is 5.32 Å². The van der Waals surface area contributed by atoms with Crippen molar-refractivity contribution in [2.24, 2.45) is 0 Å². The van der Waals surface area contributed by atoms with Gasteiger partial charge in [0.2, 0.25) is 0 Å². The fourth-order valence-corrected chi connectivity index (χ4v) is 1.48. The van der Waals surface area contributed by atoms with Crippen LogP contribution >= 0.6 is 15.9 Å². The summed E-state index contributed by atoms with van der Waals surface area (Å²) in [5, 5.41) is 3.30. The second kappa shape index (κ2) is 5.85. The van der Waals surface area contributed by atoms with Gasteiger partial charge in [0.15, 0.2) is 0 Å². The predicted octanol–water partition coefficient (Wildman–Crippen LogP) is 3.12. The van der Waals surface area contributed by atoms with E-state index in [1.165, 1.54) is 0 Å². The van der Waals surface area contributed by atoms with Gasteiger partial charge in [-0.1, -0.05) is 40.9 Å². The highest BCUT2D eigenvalue weighted by Gasteiger charge is 2.05. The van der Waals surface area contributed by atoms with Gasteiger partial charge in [-0.05, 0) is 30.7 Å². The number of halogens is 1. The molecule has 0 aromatic heterocycles. The van der Waals surface area contributed by atoms with Gasteiger partial charge in [-0.3, -0.25) is 0 Å². The molecule has 1 nitrogen and oxygen atoms in total. The summed E-state index contributed by atoms with van der Waals surface area (Å²) >= 11 is 3.40. The zero-order valence-electron chi connectivity index (χ0n) is 8.26. The van der Waals surface area contributed by atoms with E-state index in [1.54, 1.807) is 0 Å². The summed E-state index contributed by atoms with van der Waals surface area (Å²) in [4.78, 5) is 0. The Labute approximate surface area is 94.0 Å². The van der Waals surface area contributed by atoms with E-state index >= 15 is 0 Å². The quantitative estimate of drug-likeness (QED) is 0.812. The largest absolute Gasteiger partial charge is 0.300 e. The zero-order chi connectivity index (χ0) is 10.4. The Hall–Kier alpha value is -0.780. The van der Waals surface area contributed by atoms with Crippen molar-refractivity contribution in [3.05, 3.63) is 34.3 Å². The summed E-state index contributed by atoms with van der Waals surface area (Å²) in [6.07, 6.45) is 6.55. The first-order valence-corrected chi connectivity index (χ1v) is 5.52. The molecule has 0 amide bonds. The van der Waals surface area contributed by atoms with E-state index in [1.807, 2.05) is 24.3 Å². The Morgan fingerprint density at radius 2 is 2.07 bits per heavy atom. The van der Waals surface area contributed by atoms with Crippen molar-refractivity contribution in [3.8, 4) is 12.3 Å². The van der Waals surface area contributed by atoms with Gasteiger partial charge in [0.05, 0.1) is 6.04 Å². The summed E-state index contributed by atoms with van der Waals surface area (Å²) in [5.41, 5.74) is 1.14. The maximum atomic E-state index is 5.46. The van der Waals surface area contributed by atoms with Crippen molar-refractivity contribution in [2.75, 3.05) is 6.54 Å². The summed E-state index contributed by atoms with van der Waals surface area (Å²) < 4.78 is 1.08. The van der Waals surface area contributed by atoms with Crippen LogP contribution in [0, 0.1) is 12.3 Å². The van der Waals surface area contributed by atoms with Crippen molar-refractivity contribution in [3.63, 3.8) is 0 Å². The number of hydrogen-bond acceptors (Lipinski definition) is 1. The number of terminal acetylenes is 1. The van der Waals surface area contributed by atoms with Crippen LogP contribution in [0.15, 0.2) is 28.7 Å². The van der Waals surface area contributed by atoms with E-state index < -0.39 is 0 Å². The van der Waals surface area contributed by atoms with Crippen molar-refractivity contribution in [2.45, 2.75) is 19.4 Å². The molecule has 0 aliphatic carbocycles. The maximum Gasteiger partial charge on any atom is 0.0943 e. The first-order valence-electron chi connectivity index (χ1n) is 4.73. The normalized spacial score (nSPS) is 12.1. The second-order valence-electron chi connectivity index (χ2n) is 3.11. The molecule has 0 radical (unpaired) electrons. The van der Waals surface area contributed by atoms with Crippen LogP contribution in [0.1, 0.15) is 24.9 Å². The molecule has 0 saturated heterocycles. The van der Waals surface area contributed by atoms with E-state index in [2.05, 4.69) is 34.1 Å². The smallest absolute Gasteiger partial charge is 0.0943 e. The first kappa shape index (κ1) is 11.3. The molecule has 0 fully saturated rings. The average Bonchev–Trinajstić information content (AvgIpc) is 2.21. The van der Waals surface area contributed by atoms with E-state index in [0.29, 0.717) is 0 Å². The zero-order valence-corrected chi connectivity index (χ0v) is 9.84. The fourth-order valence-electron chi connectivity index (χ4n) is 1.22. The third-order valence-corrected chi connectivity index (χ3v) is 2.50. The second-order valence-corrected chi connectivity index (χ2v) is 4.02. The van der Waals surface area contributed by atoms with Crippen molar-refractivity contribution >= 4 is 15.9 Å². The molecule has 2 heteroatoms. The lowest BCUT2D eigenvalue weighted by molar-refractivity contribution is 0.626. The van der Waals surface area contributed by atoms with Crippen LogP contribution in [0.5, 0.6) is 0 Å². The van der Waals surface area contributed by atoms with E-state index in [0.717, 1.165) is 23.0 Å². The van der Waals surface area contributed by atoms with Gasteiger partial charge in [-0.15, -0.1) is 6.42 Å². The maximum absolute atomic E-state index is 5.46. The highest BCUT2D eigenvalue weighted by atomic mass is 79.9. The van der Waals surface area contributed by atoms with Gasteiger partial charge in [0.1, 0.15) is 0 Å². The van der Waals surface area contributed by atoms with Crippen LogP contribution in [0.2, 0.25) is 0 Å². The summed E-state index contributed by atoms with van der Waals surface area (Å²) in [7, 11) is 0. The standard InChI is InChI=1S/C12H14BrN/c1-3-9-14-12(4-2)10-5-7-11(13)8-6-10/h2,5-8,12,14H,3,9H2,1H3.